The van der Waals surface area contributed by atoms with Gasteiger partial charge in [-0.25, -0.2) is 9.97 Å². The van der Waals surface area contributed by atoms with Gasteiger partial charge in [0.1, 0.15) is 17.5 Å². The van der Waals surface area contributed by atoms with E-state index in [9.17, 15) is 10.2 Å². The van der Waals surface area contributed by atoms with Gasteiger partial charge in [-0.1, -0.05) is 6.92 Å². The van der Waals surface area contributed by atoms with E-state index in [-0.39, 0.29) is 13.2 Å². The van der Waals surface area contributed by atoms with E-state index in [2.05, 4.69) is 20.6 Å². The van der Waals surface area contributed by atoms with Gasteiger partial charge in [0.05, 0.1) is 18.8 Å². The lowest BCUT2D eigenvalue weighted by Gasteiger charge is -2.27. The third-order valence-electron chi connectivity index (χ3n) is 2.57. The van der Waals surface area contributed by atoms with Gasteiger partial charge in [0.25, 0.3) is 0 Å². The first-order valence-corrected chi connectivity index (χ1v) is 6.18. The number of anilines is 2. The van der Waals surface area contributed by atoms with E-state index < -0.39 is 5.54 Å². The Kier molecular flexibility index (Phi) is 5.30. The molecule has 0 unspecified atom stereocenters. The van der Waals surface area contributed by atoms with Gasteiger partial charge in [-0.2, -0.15) is 0 Å². The second kappa shape index (κ2) is 6.51. The Morgan fingerprint density at radius 1 is 1.17 bits per heavy atom. The summed E-state index contributed by atoms with van der Waals surface area (Å²) in [4.78, 5) is 8.67. The van der Waals surface area contributed by atoms with Gasteiger partial charge in [-0.3, -0.25) is 0 Å². The molecule has 0 aromatic carbocycles. The summed E-state index contributed by atoms with van der Waals surface area (Å²) in [5, 5.41) is 24.7. The van der Waals surface area contributed by atoms with Crippen molar-refractivity contribution < 1.29 is 10.2 Å². The lowest BCUT2D eigenvalue weighted by molar-refractivity contribution is 0.147. The summed E-state index contributed by atoms with van der Waals surface area (Å²) in [5.41, 5.74) is -0.789. The molecule has 0 spiro atoms. The summed E-state index contributed by atoms with van der Waals surface area (Å²) in [6, 6.07) is 1.77. The van der Waals surface area contributed by atoms with Crippen LogP contribution in [0.1, 0.15) is 26.6 Å². The number of aliphatic hydroxyl groups excluding tert-OH is 2. The van der Waals surface area contributed by atoms with Crippen LogP contribution >= 0.6 is 0 Å². The van der Waals surface area contributed by atoms with Crippen molar-refractivity contribution in [3.63, 3.8) is 0 Å². The highest BCUT2D eigenvalue weighted by atomic mass is 16.3. The van der Waals surface area contributed by atoms with Crippen LogP contribution in [0.4, 0.5) is 11.6 Å². The van der Waals surface area contributed by atoms with Crippen LogP contribution in [0.5, 0.6) is 0 Å². The molecule has 0 bridgehead atoms. The fourth-order valence-electron chi connectivity index (χ4n) is 1.43. The Morgan fingerprint density at radius 2 is 1.78 bits per heavy atom. The van der Waals surface area contributed by atoms with Crippen LogP contribution < -0.4 is 10.6 Å². The van der Waals surface area contributed by atoms with Crippen molar-refractivity contribution in [2.24, 2.45) is 0 Å². The average Bonchev–Trinajstić information content (AvgIpc) is 2.38. The predicted octanol–water partition coefficient (Wildman–Crippen LogP) is 0.626. The Morgan fingerprint density at radius 3 is 2.28 bits per heavy atom. The van der Waals surface area contributed by atoms with Crippen molar-refractivity contribution >= 4 is 11.6 Å². The first-order chi connectivity index (χ1) is 8.56. The number of nitrogens with one attached hydrogen (secondary N) is 2. The zero-order chi connectivity index (χ0) is 13.6. The number of aliphatic hydroxyl groups is 2. The third kappa shape index (κ3) is 3.82. The van der Waals surface area contributed by atoms with E-state index in [4.69, 9.17) is 0 Å². The quantitative estimate of drug-likeness (QED) is 0.570. The largest absolute Gasteiger partial charge is 0.394 e. The average molecular weight is 254 g/mol. The van der Waals surface area contributed by atoms with E-state index in [0.29, 0.717) is 11.6 Å². The predicted molar refractivity (Wildman–Crippen MR) is 71.8 cm³/mol. The highest BCUT2D eigenvalue weighted by Gasteiger charge is 2.22. The standard InChI is InChI=1S/C12H22N4O2/c1-4-9-14-10(13-5-2)6-11(15-9)16-12(3,7-17)8-18/h6,17-18H,4-5,7-8H2,1-3H3,(H2,13,14,15,16). The van der Waals surface area contributed by atoms with Crippen LogP contribution in [0, 0.1) is 0 Å². The molecule has 102 valence electrons. The number of nitrogens with zero attached hydrogens (tertiary/aromatic N) is 2. The molecular weight excluding hydrogens is 232 g/mol. The molecule has 6 nitrogen and oxygen atoms in total. The molecule has 4 N–H and O–H groups in total. The molecule has 0 saturated heterocycles. The SMILES string of the molecule is CCNc1cc(NC(C)(CO)CO)nc(CC)n1. The zero-order valence-electron chi connectivity index (χ0n) is 11.2. The third-order valence-corrected chi connectivity index (χ3v) is 2.57. The van der Waals surface area contributed by atoms with E-state index in [0.717, 1.165) is 18.8 Å². The topological polar surface area (TPSA) is 90.3 Å². The zero-order valence-corrected chi connectivity index (χ0v) is 11.2. The summed E-state index contributed by atoms with van der Waals surface area (Å²) in [6.45, 7) is 6.13. The minimum Gasteiger partial charge on any atom is -0.394 e. The van der Waals surface area contributed by atoms with Gasteiger partial charge in [0.15, 0.2) is 0 Å². The maximum Gasteiger partial charge on any atom is 0.132 e. The maximum absolute atomic E-state index is 9.26. The highest BCUT2D eigenvalue weighted by Crippen LogP contribution is 2.16. The minimum absolute atomic E-state index is 0.175. The Labute approximate surface area is 107 Å². The van der Waals surface area contributed by atoms with E-state index in [1.165, 1.54) is 0 Å². The van der Waals surface area contributed by atoms with E-state index in [1.54, 1.807) is 13.0 Å². The molecule has 1 heterocycles. The summed E-state index contributed by atoms with van der Waals surface area (Å²) < 4.78 is 0. The first-order valence-electron chi connectivity index (χ1n) is 6.18. The molecule has 0 aliphatic rings. The van der Waals surface area contributed by atoms with Gasteiger partial charge in [-0.05, 0) is 13.8 Å². The van der Waals surface area contributed by atoms with Gasteiger partial charge < -0.3 is 20.8 Å². The molecular formula is C12H22N4O2. The van der Waals surface area contributed by atoms with Crippen LogP contribution in [-0.4, -0.2) is 45.5 Å². The Balaban J connectivity index is 2.96. The summed E-state index contributed by atoms with van der Waals surface area (Å²) in [5.74, 6) is 2.06. The lowest BCUT2D eigenvalue weighted by atomic mass is 10.1. The monoisotopic (exact) mass is 254 g/mol. The molecule has 18 heavy (non-hydrogen) atoms. The first kappa shape index (κ1) is 14.7. The van der Waals surface area contributed by atoms with Crippen molar-refractivity contribution in [3.05, 3.63) is 11.9 Å². The van der Waals surface area contributed by atoms with Crippen molar-refractivity contribution in [2.75, 3.05) is 30.4 Å². The fraction of sp³-hybridized carbons (Fsp3) is 0.667. The Bertz CT molecular complexity index is 380. The highest BCUT2D eigenvalue weighted by molar-refractivity contribution is 5.49. The molecule has 6 heteroatoms. The number of aryl methyl sites for hydroxylation is 1. The van der Waals surface area contributed by atoms with E-state index in [1.807, 2.05) is 13.8 Å². The van der Waals surface area contributed by atoms with Gasteiger partial charge in [-0.15, -0.1) is 0 Å². The van der Waals surface area contributed by atoms with Crippen molar-refractivity contribution in [2.45, 2.75) is 32.7 Å². The summed E-state index contributed by atoms with van der Waals surface area (Å²) in [6.07, 6.45) is 0.725. The molecule has 0 atom stereocenters. The Hall–Kier alpha value is -1.40. The molecule has 1 aromatic heterocycles. The van der Waals surface area contributed by atoms with Gasteiger partial charge >= 0.3 is 0 Å². The normalized spacial score (nSPS) is 11.4. The molecule has 0 aliphatic heterocycles. The molecule has 0 fully saturated rings. The van der Waals surface area contributed by atoms with Gasteiger partial charge in [0, 0.05) is 19.0 Å². The lowest BCUT2D eigenvalue weighted by Crippen LogP contribution is -2.42. The molecule has 1 aromatic rings. The number of rotatable bonds is 7. The van der Waals surface area contributed by atoms with Crippen LogP contribution in [0.15, 0.2) is 6.07 Å². The molecule has 1 rings (SSSR count). The second-order valence-corrected chi connectivity index (χ2v) is 4.44. The summed E-state index contributed by atoms with van der Waals surface area (Å²) in [7, 11) is 0. The molecule has 0 amide bonds. The number of aromatic nitrogens is 2. The van der Waals surface area contributed by atoms with E-state index >= 15 is 0 Å². The second-order valence-electron chi connectivity index (χ2n) is 4.44. The van der Waals surface area contributed by atoms with Crippen LogP contribution in [0.2, 0.25) is 0 Å². The smallest absolute Gasteiger partial charge is 0.132 e. The van der Waals surface area contributed by atoms with Crippen LogP contribution in [-0.2, 0) is 6.42 Å². The van der Waals surface area contributed by atoms with Crippen LogP contribution in [0.3, 0.4) is 0 Å². The van der Waals surface area contributed by atoms with Crippen LogP contribution in [0.25, 0.3) is 0 Å². The van der Waals surface area contributed by atoms with Crippen molar-refractivity contribution in [3.8, 4) is 0 Å². The van der Waals surface area contributed by atoms with Crippen molar-refractivity contribution in [1.29, 1.82) is 0 Å². The maximum atomic E-state index is 9.26. The van der Waals surface area contributed by atoms with Gasteiger partial charge in [0.2, 0.25) is 0 Å². The molecule has 0 radical (unpaired) electrons. The fourth-order valence-corrected chi connectivity index (χ4v) is 1.43. The molecule has 0 saturated carbocycles. The van der Waals surface area contributed by atoms with Crippen molar-refractivity contribution in [1.82, 2.24) is 9.97 Å². The number of hydrogen-bond donors (Lipinski definition) is 4. The summed E-state index contributed by atoms with van der Waals surface area (Å²) >= 11 is 0. The minimum atomic E-state index is -0.789. The number of hydrogen-bond acceptors (Lipinski definition) is 6. The molecule has 0 aliphatic carbocycles.